The second-order valence-corrected chi connectivity index (χ2v) is 2.77. The Balaban J connectivity index is 2.07. The summed E-state index contributed by atoms with van der Waals surface area (Å²) in [5, 5.41) is 3.25. The summed E-state index contributed by atoms with van der Waals surface area (Å²) in [6, 6.07) is 5.66. The number of hydrogen-bond donors (Lipinski definition) is 1. The van der Waals surface area contributed by atoms with Crippen LogP contribution in [0.3, 0.4) is 0 Å². The van der Waals surface area contributed by atoms with Crippen molar-refractivity contribution in [1.82, 2.24) is 10.3 Å². The molecule has 0 aromatic carbocycles. The fourth-order valence-corrected chi connectivity index (χ4v) is 0.962. The highest BCUT2D eigenvalue weighted by Gasteiger charge is 1.91. The Morgan fingerprint density at radius 2 is 2.31 bits per heavy atom. The van der Waals surface area contributed by atoms with Crippen LogP contribution in [0.4, 0.5) is 0 Å². The van der Waals surface area contributed by atoms with E-state index in [1.54, 1.807) is 6.20 Å². The van der Waals surface area contributed by atoms with Crippen molar-refractivity contribution in [3.63, 3.8) is 0 Å². The molecule has 0 saturated heterocycles. The maximum absolute atomic E-state index is 5.38. The van der Waals surface area contributed by atoms with E-state index in [9.17, 15) is 0 Å². The van der Waals surface area contributed by atoms with Crippen LogP contribution in [0.5, 0.6) is 5.88 Å². The zero-order valence-electron chi connectivity index (χ0n) is 7.99. The molecule has 0 radical (unpaired) electrons. The first-order chi connectivity index (χ1) is 6.43. The Kier molecular flexibility index (Phi) is 4.94. The first kappa shape index (κ1) is 9.99. The van der Waals surface area contributed by atoms with Crippen LogP contribution < -0.4 is 10.1 Å². The summed E-state index contributed by atoms with van der Waals surface area (Å²) in [6.07, 6.45) is 2.89. The Morgan fingerprint density at radius 1 is 1.38 bits per heavy atom. The third kappa shape index (κ3) is 4.48. The number of ether oxygens (including phenoxy) is 1. The summed E-state index contributed by atoms with van der Waals surface area (Å²) in [7, 11) is 0. The fraction of sp³-hybridized carbons (Fsp3) is 0.500. The van der Waals surface area contributed by atoms with Crippen LogP contribution in [-0.2, 0) is 0 Å². The summed E-state index contributed by atoms with van der Waals surface area (Å²) in [5.74, 6) is 0.695. The molecule has 0 atom stereocenters. The smallest absolute Gasteiger partial charge is 0.213 e. The molecule has 0 spiro atoms. The lowest BCUT2D eigenvalue weighted by atomic mass is 10.5. The molecule has 1 aromatic heterocycles. The van der Waals surface area contributed by atoms with Crippen molar-refractivity contribution < 1.29 is 4.74 Å². The van der Waals surface area contributed by atoms with E-state index in [-0.39, 0.29) is 0 Å². The first-order valence-electron chi connectivity index (χ1n) is 4.68. The molecule has 0 amide bonds. The Hall–Kier alpha value is -1.09. The molecule has 0 bridgehead atoms. The van der Waals surface area contributed by atoms with E-state index < -0.39 is 0 Å². The minimum Gasteiger partial charge on any atom is -0.476 e. The largest absolute Gasteiger partial charge is 0.476 e. The van der Waals surface area contributed by atoms with Gasteiger partial charge in [0.15, 0.2) is 0 Å². The minimum atomic E-state index is 0.678. The number of aromatic nitrogens is 1. The number of hydrogen-bond acceptors (Lipinski definition) is 3. The number of rotatable bonds is 6. The van der Waals surface area contributed by atoms with E-state index in [0.717, 1.165) is 19.5 Å². The lowest BCUT2D eigenvalue weighted by Gasteiger charge is -2.04. The van der Waals surface area contributed by atoms with Crippen molar-refractivity contribution in [3.8, 4) is 5.88 Å². The van der Waals surface area contributed by atoms with Crippen molar-refractivity contribution in [2.75, 3.05) is 19.7 Å². The van der Waals surface area contributed by atoms with Gasteiger partial charge < -0.3 is 10.1 Å². The normalized spacial score (nSPS) is 9.92. The molecule has 0 aliphatic heterocycles. The van der Waals surface area contributed by atoms with Gasteiger partial charge in [0.1, 0.15) is 6.61 Å². The maximum atomic E-state index is 5.38. The Morgan fingerprint density at radius 3 is 3.00 bits per heavy atom. The topological polar surface area (TPSA) is 34.1 Å². The highest BCUT2D eigenvalue weighted by molar-refractivity contribution is 5.08. The molecule has 1 aromatic rings. The van der Waals surface area contributed by atoms with Crippen LogP contribution >= 0.6 is 0 Å². The Bertz CT molecular complexity index is 213. The van der Waals surface area contributed by atoms with Crippen LogP contribution in [0, 0.1) is 0 Å². The number of pyridine rings is 1. The van der Waals surface area contributed by atoms with Gasteiger partial charge in [0.2, 0.25) is 5.88 Å². The van der Waals surface area contributed by atoms with Crippen molar-refractivity contribution in [2.24, 2.45) is 0 Å². The molecule has 0 aliphatic carbocycles. The van der Waals surface area contributed by atoms with Gasteiger partial charge in [-0.3, -0.25) is 0 Å². The summed E-state index contributed by atoms with van der Waals surface area (Å²) in [4.78, 5) is 4.05. The molecule has 0 saturated carbocycles. The summed E-state index contributed by atoms with van der Waals surface area (Å²) in [6.45, 7) is 4.75. The van der Waals surface area contributed by atoms with Gasteiger partial charge in [-0.25, -0.2) is 4.98 Å². The average Bonchev–Trinajstić information content (AvgIpc) is 2.19. The van der Waals surface area contributed by atoms with Crippen molar-refractivity contribution in [3.05, 3.63) is 24.4 Å². The van der Waals surface area contributed by atoms with Gasteiger partial charge in [-0.15, -0.1) is 0 Å². The SMILES string of the molecule is CCCNCCOc1ccccn1. The molecule has 0 fully saturated rings. The van der Waals surface area contributed by atoms with E-state index in [0.29, 0.717) is 12.5 Å². The molecule has 72 valence electrons. The summed E-state index contributed by atoms with van der Waals surface area (Å²) in [5.41, 5.74) is 0. The van der Waals surface area contributed by atoms with E-state index in [1.807, 2.05) is 18.2 Å². The van der Waals surface area contributed by atoms with Gasteiger partial charge in [0.25, 0.3) is 0 Å². The van der Waals surface area contributed by atoms with Crippen LogP contribution in [0.2, 0.25) is 0 Å². The van der Waals surface area contributed by atoms with Gasteiger partial charge in [-0.2, -0.15) is 0 Å². The zero-order valence-corrected chi connectivity index (χ0v) is 7.99. The third-order valence-electron chi connectivity index (χ3n) is 1.59. The third-order valence-corrected chi connectivity index (χ3v) is 1.59. The van der Waals surface area contributed by atoms with Crippen LogP contribution in [0.15, 0.2) is 24.4 Å². The maximum Gasteiger partial charge on any atom is 0.213 e. The molecule has 0 aliphatic rings. The van der Waals surface area contributed by atoms with Crippen molar-refractivity contribution in [1.29, 1.82) is 0 Å². The van der Waals surface area contributed by atoms with Gasteiger partial charge in [-0.05, 0) is 19.0 Å². The molecule has 3 heteroatoms. The second-order valence-electron chi connectivity index (χ2n) is 2.77. The van der Waals surface area contributed by atoms with Crippen molar-refractivity contribution in [2.45, 2.75) is 13.3 Å². The lowest BCUT2D eigenvalue weighted by Crippen LogP contribution is -2.21. The van der Waals surface area contributed by atoms with E-state index >= 15 is 0 Å². The van der Waals surface area contributed by atoms with Gasteiger partial charge >= 0.3 is 0 Å². The quantitative estimate of drug-likeness (QED) is 0.673. The van der Waals surface area contributed by atoms with E-state index in [2.05, 4.69) is 17.2 Å². The second kappa shape index (κ2) is 6.43. The average molecular weight is 180 g/mol. The highest BCUT2D eigenvalue weighted by Crippen LogP contribution is 2.01. The first-order valence-corrected chi connectivity index (χ1v) is 4.68. The van der Waals surface area contributed by atoms with Gasteiger partial charge in [0.05, 0.1) is 0 Å². The molecule has 3 nitrogen and oxygen atoms in total. The van der Waals surface area contributed by atoms with Gasteiger partial charge in [0, 0.05) is 18.8 Å². The van der Waals surface area contributed by atoms with Crippen LogP contribution in [0.25, 0.3) is 0 Å². The predicted molar refractivity (Wildman–Crippen MR) is 52.9 cm³/mol. The van der Waals surface area contributed by atoms with Crippen LogP contribution in [-0.4, -0.2) is 24.7 Å². The van der Waals surface area contributed by atoms with Crippen molar-refractivity contribution >= 4 is 0 Å². The molecular formula is C10H16N2O. The lowest BCUT2D eigenvalue weighted by molar-refractivity contribution is 0.302. The highest BCUT2D eigenvalue weighted by atomic mass is 16.5. The molecule has 13 heavy (non-hydrogen) atoms. The van der Waals surface area contributed by atoms with E-state index in [4.69, 9.17) is 4.74 Å². The zero-order chi connectivity index (χ0) is 9.36. The summed E-state index contributed by atoms with van der Waals surface area (Å²) >= 11 is 0. The molecule has 0 unspecified atom stereocenters. The van der Waals surface area contributed by atoms with E-state index in [1.165, 1.54) is 0 Å². The van der Waals surface area contributed by atoms with Crippen LogP contribution in [0.1, 0.15) is 13.3 Å². The predicted octanol–water partition coefficient (Wildman–Crippen LogP) is 1.46. The number of nitrogens with zero attached hydrogens (tertiary/aromatic N) is 1. The molecule has 1 heterocycles. The fourth-order valence-electron chi connectivity index (χ4n) is 0.962. The minimum absolute atomic E-state index is 0.678. The molecular weight excluding hydrogens is 164 g/mol. The Labute approximate surface area is 79.1 Å². The molecule has 1 rings (SSSR count). The van der Waals surface area contributed by atoms with Gasteiger partial charge in [-0.1, -0.05) is 13.0 Å². The number of nitrogens with one attached hydrogen (secondary N) is 1. The monoisotopic (exact) mass is 180 g/mol. The molecule has 1 N–H and O–H groups in total. The summed E-state index contributed by atoms with van der Waals surface area (Å²) < 4.78 is 5.38. The standard InChI is InChI=1S/C10H16N2O/c1-2-6-11-8-9-13-10-5-3-4-7-12-10/h3-5,7,11H,2,6,8-9H2,1H3.